The van der Waals surface area contributed by atoms with E-state index >= 15 is 0 Å². The van der Waals surface area contributed by atoms with Gasteiger partial charge in [-0.05, 0) is 70.6 Å². The first kappa shape index (κ1) is 43.9. The van der Waals surface area contributed by atoms with Crippen LogP contribution in [0.3, 0.4) is 0 Å². The van der Waals surface area contributed by atoms with Gasteiger partial charge in [-0.25, -0.2) is 0 Å². The molecule has 5 nitrogen and oxygen atoms in total. The molecule has 0 aromatic carbocycles. The quantitative estimate of drug-likeness (QED) is 0.0429. The van der Waals surface area contributed by atoms with Crippen LogP contribution in [0.15, 0.2) is 48.6 Å². The van der Waals surface area contributed by atoms with Gasteiger partial charge in [-0.1, -0.05) is 146 Å². The molecule has 0 aliphatic heterocycles. The minimum absolute atomic E-state index is 0.0757. The van der Waals surface area contributed by atoms with Crippen molar-refractivity contribution in [2.45, 2.75) is 187 Å². The summed E-state index contributed by atoms with van der Waals surface area (Å²) < 4.78 is 10.6. The lowest BCUT2D eigenvalue weighted by molar-refractivity contribution is -0.161. The Morgan fingerprint density at radius 3 is 1.43 bits per heavy atom. The summed E-state index contributed by atoms with van der Waals surface area (Å²) in [7, 11) is 0. The number of aliphatic hydroxyl groups excluding tert-OH is 1. The Bertz CT molecular complexity index is 782. The minimum atomic E-state index is -0.781. The van der Waals surface area contributed by atoms with Crippen molar-refractivity contribution in [3.05, 3.63) is 48.6 Å². The molecule has 1 unspecified atom stereocenters. The number of carbonyl (C=O) groups excluding carboxylic acids is 2. The maximum Gasteiger partial charge on any atom is 0.306 e. The lowest BCUT2D eigenvalue weighted by Gasteiger charge is -2.15. The number of aliphatic hydroxyl groups is 1. The molecule has 0 fully saturated rings. The Morgan fingerprint density at radius 2 is 0.935 bits per heavy atom. The van der Waals surface area contributed by atoms with Crippen molar-refractivity contribution in [2.75, 3.05) is 13.2 Å². The highest BCUT2D eigenvalue weighted by Gasteiger charge is 2.16. The number of carbonyl (C=O) groups is 2. The van der Waals surface area contributed by atoms with Crippen molar-refractivity contribution in [3.63, 3.8) is 0 Å². The van der Waals surface area contributed by atoms with Crippen LogP contribution < -0.4 is 0 Å². The first-order valence-corrected chi connectivity index (χ1v) is 19.2. The second-order valence-electron chi connectivity index (χ2n) is 12.6. The molecule has 0 saturated heterocycles. The van der Waals surface area contributed by atoms with E-state index in [1.54, 1.807) is 0 Å². The molecule has 0 bridgehead atoms. The fraction of sp³-hybridized carbons (Fsp3) is 0.756. The third-order valence-electron chi connectivity index (χ3n) is 8.11. The fourth-order valence-corrected chi connectivity index (χ4v) is 5.21. The van der Waals surface area contributed by atoms with E-state index < -0.39 is 6.10 Å². The number of esters is 2. The average molecular weight is 645 g/mol. The molecule has 0 heterocycles. The summed E-state index contributed by atoms with van der Waals surface area (Å²) in [5.41, 5.74) is 0. The largest absolute Gasteiger partial charge is 0.462 e. The third kappa shape index (κ3) is 34.7. The highest BCUT2D eigenvalue weighted by Crippen LogP contribution is 2.13. The molecule has 0 aliphatic carbocycles. The van der Waals surface area contributed by atoms with Gasteiger partial charge in [0, 0.05) is 12.8 Å². The van der Waals surface area contributed by atoms with Crippen molar-refractivity contribution in [3.8, 4) is 0 Å². The maximum atomic E-state index is 12.1. The number of hydrogen-bond acceptors (Lipinski definition) is 5. The van der Waals surface area contributed by atoms with E-state index in [9.17, 15) is 14.7 Å². The molecular formula is C41H72O5. The van der Waals surface area contributed by atoms with Crippen LogP contribution in [0.2, 0.25) is 0 Å². The van der Waals surface area contributed by atoms with Crippen LogP contribution in [0.5, 0.6) is 0 Å². The molecule has 0 radical (unpaired) electrons. The van der Waals surface area contributed by atoms with Crippen molar-refractivity contribution >= 4 is 11.9 Å². The molecule has 0 saturated carbocycles. The Balaban J connectivity index is 3.59. The van der Waals surface area contributed by atoms with Gasteiger partial charge in [-0.3, -0.25) is 9.59 Å². The highest BCUT2D eigenvalue weighted by molar-refractivity contribution is 5.70. The molecule has 266 valence electrons. The molecule has 0 amide bonds. The van der Waals surface area contributed by atoms with Crippen LogP contribution in [-0.2, 0) is 19.1 Å². The second kappa shape index (κ2) is 37.3. The molecule has 0 aromatic heterocycles. The van der Waals surface area contributed by atoms with E-state index in [4.69, 9.17) is 9.47 Å². The van der Waals surface area contributed by atoms with Crippen LogP contribution in [0.25, 0.3) is 0 Å². The molecule has 1 N–H and O–H groups in total. The summed E-state index contributed by atoms with van der Waals surface area (Å²) in [6.07, 6.45) is 45.9. The van der Waals surface area contributed by atoms with Crippen molar-refractivity contribution in [2.24, 2.45) is 0 Å². The van der Waals surface area contributed by atoms with Crippen molar-refractivity contribution in [1.82, 2.24) is 0 Å². The number of hydrogen-bond donors (Lipinski definition) is 1. The predicted octanol–water partition coefficient (Wildman–Crippen LogP) is 11.8. The second-order valence-corrected chi connectivity index (χ2v) is 12.6. The summed E-state index contributed by atoms with van der Waals surface area (Å²) in [5, 5.41) is 9.54. The van der Waals surface area contributed by atoms with Gasteiger partial charge in [-0.2, -0.15) is 0 Å². The standard InChI is InChI=1S/C41H72O5/c1-3-5-7-9-11-13-15-17-19-20-22-23-25-27-29-31-33-35-40(43)45-38-39(37-42)46-41(44)36-34-32-30-28-26-24-21-18-16-14-12-10-8-6-4-2/h6,8,12,14,17-19,21,39,42H,3-5,7,9-11,13,15-16,20,22-38H2,1-2H3. The van der Waals surface area contributed by atoms with E-state index in [1.807, 2.05) is 0 Å². The van der Waals surface area contributed by atoms with E-state index in [0.717, 1.165) is 70.6 Å². The molecule has 46 heavy (non-hydrogen) atoms. The Labute approximate surface area is 284 Å². The highest BCUT2D eigenvalue weighted by atomic mass is 16.6. The fourth-order valence-electron chi connectivity index (χ4n) is 5.21. The van der Waals surface area contributed by atoms with Gasteiger partial charge in [0.05, 0.1) is 6.61 Å². The van der Waals surface area contributed by atoms with Crippen LogP contribution >= 0.6 is 0 Å². The smallest absolute Gasteiger partial charge is 0.306 e. The molecule has 0 rings (SSSR count). The Morgan fingerprint density at radius 1 is 0.522 bits per heavy atom. The third-order valence-corrected chi connectivity index (χ3v) is 8.11. The molecule has 0 aliphatic rings. The number of ether oxygens (including phenoxy) is 2. The first-order valence-electron chi connectivity index (χ1n) is 19.2. The summed E-state index contributed by atoms with van der Waals surface area (Å²) in [5.74, 6) is -0.617. The van der Waals surface area contributed by atoms with Gasteiger partial charge in [0.15, 0.2) is 6.10 Å². The van der Waals surface area contributed by atoms with Gasteiger partial charge in [0.2, 0.25) is 0 Å². The van der Waals surface area contributed by atoms with Crippen molar-refractivity contribution < 1.29 is 24.2 Å². The van der Waals surface area contributed by atoms with Crippen LogP contribution in [0.4, 0.5) is 0 Å². The topological polar surface area (TPSA) is 72.8 Å². The van der Waals surface area contributed by atoms with Gasteiger partial charge >= 0.3 is 11.9 Å². The maximum absolute atomic E-state index is 12.1. The zero-order chi connectivity index (χ0) is 33.6. The molecular weight excluding hydrogens is 572 g/mol. The average Bonchev–Trinajstić information content (AvgIpc) is 3.06. The van der Waals surface area contributed by atoms with Crippen LogP contribution in [0.1, 0.15) is 181 Å². The molecule has 0 aromatic rings. The summed E-state index contributed by atoms with van der Waals surface area (Å²) in [6.45, 7) is 4.00. The van der Waals surface area contributed by atoms with E-state index in [2.05, 4.69) is 62.5 Å². The lowest BCUT2D eigenvalue weighted by atomic mass is 10.1. The zero-order valence-corrected chi connectivity index (χ0v) is 30.1. The molecule has 0 spiro atoms. The molecule has 5 heteroatoms. The normalized spacial score (nSPS) is 12.7. The first-order chi connectivity index (χ1) is 22.6. The van der Waals surface area contributed by atoms with Gasteiger partial charge in [0.25, 0.3) is 0 Å². The summed E-state index contributed by atoms with van der Waals surface area (Å²) in [4.78, 5) is 24.2. The predicted molar refractivity (Wildman–Crippen MR) is 196 cm³/mol. The monoisotopic (exact) mass is 645 g/mol. The van der Waals surface area contributed by atoms with E-state index in [0.29, 0.717) is 12.8 Å². The van der Waals surface area contributed by atoms with E-state index in [-0.39, 0.29) is 25.2 Å². The van der Waals surface area contributed by atoms with Crippen LogP contribution in [-0.4, -0.2) is 36.4 Å². The van der Waals surface area contributed by atoms with Gasteiger partial charge in [-0.15, -0.1) is 0 Å². The summed E-state index contributed by atoms with van der Waals surface area (Å²) in [6, 6.07) is 0. The zero-order valence-electron chi connectivity index (χ0n) is 30.1. The minimum Gasteiger partial charge on any atom is -0.462 e. The van der Waals surface area contributed by atoms with E-state index in [1.165, 1.54) is 83.5 Å². The Hall–Kier alpha value is -2.14. The number of allylic oxidation sites excluding steroid dienone is 8. The van der Waals surface area contributed by atoms with Gasteiger partial charge in [0.1, 0.15) is 6.61 Å². The number of rotatable bonds is 34. The van der Waals surface area contributed by atoms with Crippen molar-refractivity contribution in [1.29, 1.82) is 0 Å². The Kier molecular flexibility index (Phi) is 35.6. The molecule has 1 atom stereocenters. The lowest BCUT2D eigenvalue weighted by Crippen LogP contribution is -2.28. The van der Waals surface area contributed by atoms with Gasteiger partial charge < -0.3 is 14.6 Å². The number of unbranched alkanes of at least 4 members (excludes halogenated alkanes) is 18. The SMILES string of the molecule is CCC=CCC=CCC=CCCCCCCCC(=O)OC(CO)COC(=O)CCCCCCCCCC=CCCCCCCCC. The van der Waals surface area contributed by atoms with Crippen LogP contribution in [0, 0.1) is 0 Å². The summed E-state index contributed by atoms with van der Waals surface area (Å²) >= 11 is 0.